The zero-order valence-electron chi connectivity index (χ0n) is 16.9. The molecule has 0 saturated carbocycles. The summed E-state index contributed by atoms with van der Waals surface area (Å²) >= 11 is 0. The van der Waals surface area contributed by atoms with Gasteiger partial charge in [0.2, 0.25) is 15.9 Å². The highest BCUT2D eigenvalue weighted by molar-refractivity contribution is 7.89. The number of fused-ring (bicyclic) bond motifs is 2. The summed E-state index contributed by atoms with van der Waals surface area (Å²) in [5, 5.41) is 0. The standard InChI is InChI=1S/C20H22N6O3S/c1-24(2)30(28,29)14-8-9-17-16(12-14)22-19(25(17)3)10-11-20(27)23-26-13-21-15-6-4-5-7-18(15)26/h4-9,12-13H,10-11H2,1-3H3,(H,23,27). The second kappa shape index (κ2) is 7.54. The van der Waals surface area contributed by atoms with Crippen LogP contribution in [0.4, 0.5) is 0 Å². The Labute approximate surface area is 174 Å². The van der Waals surface area contributed by atoms with E-state index >= 15 is 0 Å². The second-order valence-corrected chi connectivity index (χ2v) is 9.32. The minimum absolute atomic E-state index is 0.166. The van der Waals surface area contributed by atoms with Gasteiger partial charge in [0.25, 0.3) is 0 Å². The molecule has 0 fully saturated rings. The van der Waals surface area contributed by atoms with Crippen LogP contribution in [-0.2, 0) is 28.3 Å². The second-order valence-electron chi connectivity index (χ2n) is 7.16. The number of rotatable bonds is 6. The number of sulfonamides is 1. The van der Waals surface area contributed by atoms with E-state index in [9.17, 15) is 13.2 Å². The summed E-state index contributed by atoms with van der Waals surface area (Å²) in [6.45, 7) is 0. The molecule has 0 spiro atoms. The quantitative estimate of drug-likeness (QED) is 0.507. The van der Waals surface area contributed by atoms with Gasteiger partial charge in [-0.25, -0.2) is 27.4 Å². The Balaban J connectivity index is 1.51. The van der Waals surface area contributed by atoms with E-state index in [1.54, 1.807) is 29.2 Å². The Bertz CT molecular complexity index is 1350. The maximum absolute atomic E-state index is 12.4. The summed E-state index contributed by atoms with van der Waals surface area (Å²) in [7, 11) is 1.30. The van der Waals surface area contributed by atoms with Gasteiger partial charge in [-0.05, 0) is 30.3 Å². The molecule has 10 heteroatoms. The number of aryl methyl sites for hydroxylation is 2. The molecule has 9 nitrogen and oxygen atoms in total. The molecule has 0 radical (unpaired) electrons. The van der Waals surface area contributed by atoms with Crippen molar-refractivity contribution in [2.75, 3.05) is 19.5 Å². The Morgan fingerprint density at radius 1 is 1.10 bits per heavy atom. The molecule has 30 heavy (non-hydrogen) atoms. The first-order chi connectivity index (χ1) is 14.3. The average Bonchev–Trinajstić information content (AvgIpc) is 3.27. The van der Waals surface area contributed by atoms with Gasteiger partial charge in [0.15, 0.2) is 0 Å². The molecule has 1 amide bonds. The predicted molar refractivity (Wildman–Crippen MR) is 114 cm³/mol. The Morgan fingerprint density at radius 3 is 2.63 bits per heavy atom. The molecular formula is C20H22N6O3S. The number of carbonyl (C=O) groups is 1. The predicted octanol–water partition coefficient (Wildman–Crippen LogP) is 1.88. The van der Waals surface area contributed by atoms with Crippen molar-refractivity contribution in [2.45, 2.75) is 17.7 Å². The molecule has 0 unspecified atom stereocenters. The van der Waals surface area contributed by atoms with Gasteiger partial charge in [-0.1, -0.05) is 12.1 Å². The van der Waals surface area contributed by atoms with Gasteiger partial charge < -0.3 is 4.57 Å². The summed E-state index contributed by atoms with van der Waals surface area (Å²) in [6, 6.07) is 12.4. The van der Waals surface area contributed by atoms with Gasteiger partial charge in [0.05, 0.1) is 27.0 Å². The summed E-state index contributed by atoms with van der Waals surface area (Å²) in [6.07, 6.45) is 2.22. The lowest BCUT2D eigenvalue weighted by molar-refractivity contribution is -0.117. The van der Waals surface area contributed by atoms with Crippen molar-refractivity contribution in [3.8, 4) is 0 Å². The monoisotopic (exact) mass is 426 g/mol. The highest BCUT2D eigenvalue weighted by Crippen LogP contribution is 2.22. The molecule has 0 aliphatic carbocycles. The van der Waals surface area contributed by atoms with Gasteiger partial charge in [-0.3, -0.25) is 10.2 Å². The zero-order valence-corrected chi connectivity index (χ0v) is 17.7. The minimum Gasteiger partial charge on any atom is -0.331 e. The smallest absolute Gasteiger partial charge is 0.242 e. The molecule has 2 aromatic heterocycles. The number of para-hydroxylation sites is 2. The van der Waals surface area contributed by atoms with Crippen LogP contribution >= 0.6 is 0 Å². The number of hydrogen-bond donors (Lipinski definition) is 1. The highest BCUT2D eigenvalue weighted by Gasteiger charge is 2.19. The molecule has 0 aliphatic heterocycles. The Kier molecular flexibility index (Phi) is 5.04. The largest absolute Gasteiger partial charge is 0.331 e. The SMILES string of the molecule is CN(C)S(=O)(=O)c1ccc2c(c1)nc(CCC(=O)Nn1cnc3ccccc31)n2C. The number of amides is 1. The third-order valence-corrected chi connectivity index (χ3v) is 6.81. The van der Waals surface area contributed by atoms with Crippen LogP contribution in [-0.4, -0.2) is 51.9 Å². The third kappa shape index (κ3) is 3.55. The van der Waals surface area contributed by atoms with Gasteiger partial charge >= 0.3 is 0 Å². The highest BCUT2D eigenvalue weighted by atomic mass is 32.2. The van der Waals surface area contributed by atoms with Crippen LogP contribution < -0.4 is 5.43 Å². The molecule has 4 aromatic rings. The van der Waals surface area contributed by atoms with Gasteiger partial charge in [-0.15, -0.1) is 0 Å². The lowest BCUT2D eigenvalue weighted by atomic mass is 10.3. The van der Waals surface area contributed by atoms with Crippen LogP contribution in [0.25, 0.3) is 22.1 Å². The van der Waals surface area contributed by atoms with E-state index in [0.29, 0.717) is 17.8 Å². The lowest BCUT2D eigenvalue weighted by Crippen LogP contribution is -2.22. The number of nitrogens with zero attached hydrogens (tertiary/aromatic N) is 5. The average molecular weight is 427 g/mol. The molecule has 0 atom stereocenters. The number of hydrogen-bond acceptors (Lipinski definition) is 5. The molecule has 2 heterocycles. The van der Waals surface area contributed by atoms with Crippen molar-refractivity contribution in [1.82, 2.24) is 23.5 Å². The fourth-order valence-corrected chi connectivity index (χ4v) is 4.21. The van der Waals surface area contributed by atoms with Crippen molar-refractivity contribution in [3.05, 3.63) is 54.6 Å². The maximum atomic E-state index is 12.4. The topological polar surface area (TPSA) is 102 Å². The fraction of sp³-hybridized carbons (Fsp3) is 0.250. The van der Waals surface area contributed by atoms with E-state index in [1.165, 1.54) is 18.4 Å². The van der Waals surface area contributed by atoms with E-state index in [0.717, 1.165) is 16.6 Å². The van der Waals surface area contributed by atoms with Crippen LogP contribution in [0.5, 0.6) is 0 Å². The molecule has 0 saturated heterocycles. The van der Waals surface area contributed by atoms with Crippen LogP contribution in [0.2, 0.25) is 0 Å². The van der Waals surface area contributed by atoms with Crippen LogP contribution in [0.15, 0.2) is 53.7 Å². The van der Waals surface area contributed by atoms with Crippen LogP contribution in [0.3, 0.4) is 0 Å². The van der Waals surface area contributed by atoms with Gasteiger partial charge in [0.1, 0.15) is 12.2 Å². The molecule has 2 aromatic carbocycles. The summed E-state index contributed by atoms with van der Waals surface area (Å²) in [4.78, 5) is 21.4. The number of benzene rings is 2. The zero-order chi connectivity index (χ0) is 21.5. The van der Waals surface area contributed by atoms with Crippen molar-refractivity contribution in [3.63, 3.8) is 0 Å². The number of carbonyl (C=O) groups excluding carboxylic acids is 1. The molecule has 0 aliphatic rings. The Hall–Kier alpha value is -3.24. The third-order valence-electron chi connectivity index (χ3n) is 5.00. The number of nitrogens with one attached hydrogen (secondary N) is 1. The first kappa shape index (κ1) is 20.0. The van der Waals surface area contributed by atoms with Crippen LogP contribution in [0.1, 0.15) is 12.2 Å². The lowest BCUT2D eigenvalue weighted by Gasteiger charge is -2.10. The van der Waals surface area contributed by atoms with Crippen molar-refractivity contribution in [1.29, 1.82) is 0 Å². The van der Waals surface area contributed by atoms with E-state index in [2.05, 4.69) is 15.4 Å². The van der Waals surface area contributed by atoms with E-state index < -0.39 is 10.0 Å². The van der Waals surface area contributed by atoms with Gasteiger partial charge in [0, 0.05) is 34.0 Å². The maximum Gasteiger partial charge on any atom is 0.242 e. The summed E-state index contributed by atoms with van der Waals surface area (Å²) < 4.78 is 29.4. The summed E-state index contributed by atoms with van der Waals surface area (Å²) in [5.74, 6) is 0.538. The van der Waals surface area contributed by atoms with Gasteiger partial charge in [-0.2, -0.15) is 0 Å². The molecule has 1 N–H and O–H groups in total. The van der Waals surface area contributed by atoms with E-state index in [1.807, 2.05) is 35.9 Å². The van der Waals surface area contributed by atoms with E-state index in [-0.39, 0.29) is 17.2 Å². The van der Waals surface area contributed by atoms with Crippen molar-refractivity contribution >= 4 is 38.0 Å². The number of aromatic nitrogens is 4. The van der Waals surface area contributed by atoms with Crippen molar-refractivity contribution < 1.29 is 13.2 Å². The van der Waals surface area contributed by atoms with Crippen molar-refractivity contribution in [2.24, 2.45) is 7.05 Å². The molecule has 156 valence electrons. The first-order valence-corrected chi connectivity index (χ1v) is 10.8. The Morgan fingerprint density at radius 2 is 1.87 bits per heavy atom. The number of imidazole rings is 2. The minimum atomic E-state index is -3.53. The van der Waals surface area contributed by atoms with E-state index in [4.69, 9.17) is 0 Å². The molecule has 0 bridgehead atoms. The summed E-state index contributed by atoms with van der Waals surface area (Å²) in [5.41, 5.74) is 5.84. The molecular weight excluding hydrogens is 404 g/mol. The normalized spacial score (nSPS) is 12.1. The first-order valence-electron chi connectivity index (χ1n) is 9.37. The fourth-order valence-electron chi connectivity index (χ4n) is 3.29. The molecule has 4 rings (SSSR count). The van der Waals surface area contributed by atoms with Crippen LogP contribution in [0, 0.1) is 0 Å².